The van der Waals surface area contributed by atoms with Gasteiger partial charge in [-0.15, -0.1) is 0 Å². The van der Waals surface area contributed by atoms with Crippen molar-refractivity contribution >= 4 is 17.9 Å². The van der Waals surface area contributed by atoms with Gasteiger partial charge in [0.15, 0.2) is 6.61 Å². The minimum absolute atomic E-state index is 0.123. The van der Waals surface area contributed by atoms with Crippen molar-refractivity contribution in [1.82, 2.24) is 10.2 Å². The highest BCUT2D eigenvalue weighted by atomic mass is 19.4. The monoisotopic (exact) mass is 434 g/mol. The Kier molecular flexibility index (Phi) is 8.24. The number of benzene rings is 2. The van der Waals surface area contributed by atoms with Crippen molar-refractivity contribution in [3.05, 3.63) is 71.3 Å². The fourth-order valence-electron chi connectivity index (χ4n) is 2.74. The molecule has 0 bridgehead atoms. The molecule has 166 valence electrons. The maximum absolute atomic E-state index is 12.6. The Morgan fingerprint density at radius 1 is 1.10 bits per heavy atom. The molecule has 2 amide bonds. The van der Waals surface area contributed by atoms with Gasteiger partial charge >= 0.3 is 6.18 Å². The molecular formula is C23H25F3N2O3. The van der Waals surface area contributed by atoms with E-state index in [0.717, 1.165) is 17.7 Å². The van der Waals surface area contributed by atoms with Crippen molar-refractivity contribution in [2.75, 3.05) is 20.7 Å². The van der Waals surface area contributed by atoms with E-state index in [1.807, 2.05) is 19.1 Å². The Morgan fingerprint density at radius 3 is 2.32 bits per heavy atom. The lowest BCUT2D eigenvalue weighted by Crippen LogP contribution is -2.29. The number of para-hydroxylation sites is 1. The standard InChI is InChI=1S/C23H25F3N2O3/c1-4-19(18-7-5-6-8-20(18)31-15-22(30)28(2)3)27-21(29)14-11-16-9-12-17(13-10-16)23(24,25)26/h5-14,19H,4,15H2,1-3H3,(H,27,29). The summed E-state index contributed by atoms with van der Waals surface area (Å²) in [6, 6.07) is 11.3. The second-order valence-corrected chi connectivity index (χ2v) is 7.04. The van der Waals surface area contributed by atoms with E-state index >= 15 is 0 Å². The highest BCUT2D eigenvalue weighted by Crippen LogP contribution is 2.29. The molecule has 0 heterocycles. The molecule has 1 unspecified atom stereocenters. The van der Waals surface area contributed by atoms with E-state index in [0.29, 0.717) is 17.7 Å². The summed E-state index contributed by atoms with van der Waals surface area (Å²) < 4.78 is 43.5. The summed E-state index contributed by atoms with van der Waals surface area (Å²) in [5, 5.41) is 2.86. The number of likely N-dealkylation sites (N-methyl/N-ethyl adjacent to an activating group) is 1. The molecule has 1 atom stereocenters. The van der Waals surface area contributed by atoms with Gasteiger partial charge in [-0.3, -0.25) is 9.59 Å². The van der Waals surface area contributed by atoms with Crippen LogP contribution in [0.5, 0.6) is 5.75 Å². The molecule has 2 aromatic carbocycles. The highest BCUT2D eigenvalue weighted by molar-refractivity contribution is 5.92. The van der Waals surface area contributed by atoms with Gasteiger partial charge in [-0.2, -0.15) is 13.2 Å². The Morgan fingerprint density at radius 2 is 1.74 bits per heavy atom. The average Bonchev–Trinajstić information content (AvgIpc) is 2.74. The van der Waals surface area contributed by atoms with E-state index in [2.05, 4.69) is 5.32 Å². The zero-order valence-corrected chi connectivity index (χ0v) is 17.6. The molecule has 2 aromatic rings. The summed E-state index contributed by atoms with van der Waals surface area (Å²) in [5.41, 5.74) is 0.458. The molecule has 0 saturated carbocycles. The average molecular weight is 434 g/mol. The first-order valence-electron chi connectivity index (χ1n) is 9.69. The van der Waals surface area contributed by atoms with Crippen LogP contribution in [0.1, 0.15) is 36.1 Å². The first kappa shape index (κ1) is 24.0. The molecule has 0 radical (unpaired) electrons. The smallest absolute Gasteiger partial charge is 0.416 e. The molecule has 1 N–H and O–H groups in total. The Balaban J connectivity index is 2.06. The molecule has 31 heavy (non-hydrogen) atoms. The number of hydrogen-bond acceptors (Lipinski definition) is 3. The van der Waals surface area contributed by atoms with Gasteiger partial charge in [0.05, 0.1) is 11.6 Å². The summed E-state index contributed by atoms with van der Waals surface area (Å²) in [6.45, 7) is 1.77. The van der Waals surface area contributed by atoms with Crippen molar-refractivity contribution in [3.63, 3.8) is 0 Å². The van der Waals surface area contributed by atoms with Gasteiger partial charge in [0.25, 0.3) is 5.91 Å². The van der Waals surface area contributed by atoms with E-state index in [4.69, 9.17) is 4.74 Å². The first-order valence-corrected chi connectivity index (χ1v) is 9.69. The predicted molar refractivity (Wildman–Crippen MR) is 112 cm³/mol. The zero-order chi connectivity index (χ0) is 23.0. The number of ether oxygens (including phenoxy) is 1. The fraction of sp³-hybridized carbons (Fsp3) is 0.304. The molecule has 0 aliphatic carbocycles. The first-order chi connectivity index (χ1) is 14.6. The van der Waals surface area contributed by atoms with Gasteiger partial charge in [-0.1, -0.05) is 37.3 Å². The minimum atomic E-state index is -4.40. The number of carbonyl (C=O) groups is 2. The van der Waals surface area contributed by atoms with Crippen LogP contribution in [0.2, 0.25) is 0 Å². The maximum Gasteiger partial charge on any atom is 0.416 e. The molecule has 8 heteroatoms. The van der Waals surface area contributed by atoms with E-state index in [9.17, 15) is 22.8 Å². The highest BCUT2D eigenvalue weighted by Gasteiger charge is 2.29. The molecule has 0 aliphatic heterocycles. The number of hydrogen-bond donors (Lipinski definition) is 1. The lowest BCUT2D eigenvalue weighted by atomic mass is 10.0. The summed E-state index contributed by atoms with van der Waals surface area (Å²) in [6.07, 6.45) is -1.12. The summed E-state index contributed by atoms with van der Waals surface area (Å²) in [7, 11) is 3.27. The van der Waals surface area contributed by atoms with Crippen LogP contribution in [0, 0.1) is 0 Å². The molecule has 0 aliphatic rings. The van der Waals surface area contributed by atoms with Gasteiger partial charge in [-0.05, 0) is 36.3 Å². The number of carbonyl (C=O) groups excluding carboxylic acids is 2. The van der Waals surface area contributed by atoms with Crippen molar-refractivity contribution in [1.29, 1.82) is 0 Å². The summed E-state index contributed by atoms with van der Waals surface area (Å²) in [5.74, 6) is -0.0890. The second kappa shape index (κ2) is 10.7. The van der Waals surface area contributed by atoms with Gasteiger partial charge in [0.2, 0.25) is 5.91 Å². The third-order valence-electron chi connectivity index (χ3n) is 4.53. The van der Waals surface area contributed by atoms with Crippen molar-refractivity contribution in [2.24, 2.45) is 0 Å². The molecule has 0 saturated heterocycles. The lowest BCUT2D eigenvalue weighted by molar-refractivity contribution is -0.137. The van der Waals surface area contributed by atoms with Crippen LogP contribution in [0.4, 0.5) is 13.2 Å². The second-order valence-electron chi connectivity index (χ2n) is 7.04. The lowest BCUT2D eigenvalue weighted by Gasteiger charge is -2.20. The fourth-order valence-corrected chi connectivity index (χ4v) is 2.74. The van der Waals surface area contributed by atoms with Crippen molar-refractivity contribution in [2.45, 2.75) is 25.6 Å². The summed E-state index contributed by atoms with van der Waals surface area (Å²) >= 11 is 0. The quantitative estimate of drug-likeness (QED) is 0.625. The third kappa shape index (κ3) is 7.16. The van der Waals surface area contributed by atoms with Crippen LogP contribution in [0.25, 0.3) is 6.08 Å². The van der Waals surface area contributed by atoms with E-state index in [-0.39, 0.29) is 18.6 Å². The van der Waals surface area contributed by atoms with Crippen LogP contribution >= 0.6 is 0 Å². The molecule has 5 nitrogen and oxygen atoms in total. The van der Waals surface area contributed by atoms with E-state index in [1.165, 1.54) is 29.2 Å². The molecule has 2 rings (SSSR count). The van der Waals surface area contributed by atoms with E-state index < -0.39 is 17.6 Å². The topological polar surface area (TPSA) is 58.6 Å². The predicted octanol–water partition coefficient (Wildman–Crippen LogP) is 4.45. The largest absolute Gasteiger partial charge is 0.483 e. The number of halogens is 3. The van der Waals surface area contributed by atoms with Crippen LogP contribution < -0.4 is 10.1 Å². The SMILES string of the molecule is CCC(NC(=O)C=Cc1ccc(C(F)(F)F)cc1)c1ccccc1OCC(=O)N(C)C. The van der Waals surface area contributed by atoms with Crippen LogP contribution in [-0.2, 0) is 15.8 Å². The molecule has 0 aromatic heterocycles. The van der Waals surface area contributed by atoms with Crippen LogP contribution in [0.3, 0.4) is 0 Å². The number of nitrogens with zero attached hydrogens (tertiary/aromatic N) is 1. The van der Waals surface area contributed by atoms with E-state index in [1.54, 1.807) is 26.2 Å². The normalized spacial score (nSPS) is 12.5. The zero-order valence-electron chi connectivity index (χ0n) is 17.6. The number of rotatable bonds is 8. The molecule has 0 fully saturated rings. The van der Waals surface area contributed by atoms with Gasteiger partial charge < -0.3 is 15.0 Å². The third-order valence-corrected chi connectivity index (χ3v) is 4.53. The van der Waals surface area contributed by atoms with Crippen molar-refractivity contribution in [3.8, 4) is 5.75 Å². The van der Waals surface area contributed by atoms with Crippen molar-refractivity contribution < 1.29 is 27.5 Å². The number of nitrogens with one attached hydrogen (secondary N) is 1. The maximum atomic E-state index is 12.6. The van der Waals surface area contributed by atoms with Gasteiger partial charge in [0.1, 0.15) is 5.75 Å². The summed E-state index contributed by atoms with van der Waals surface area (Å²) in [4.78, 5) is 25.6. The Hall–Kier alpha value is -3.29. The Bertz CT molecular complexity index is 922. The molecule has 0 spiro atoms. The van der Waals surface area contributed by atoms with Gasteiger partial charge in [0, 0.05) is 25.7 Å². The van der Waals surface area contributed by atoms with Crippen LogP contribution in [0.15, 0.2) is 54.6 Å². The van der Waals surface area contributed by atoms with Gasteiger partial charge in [-0.25, -0.2) is 0 Å². The number of alkyl halides is 3. The number of amides is 2. The Labute approximate surface area is 179 Å². The molecular weight excluding hydrogens is 409 g/mol. The minimum Gasteiger partial charge on any atom is -0.483 e. The van der Waals surface area contributed by atoms with Crippen LogP contribution in [-0.4, -0.2) is 37.4 Å².